The van der Waals surface area contributed by atoms with Gasteiger partial charge in [-0.2, -0.15) is 0 Å². The number of ether oxygens (including phenoxy) is 2. The zero-order chi connectivity index (χ0) is 26.6. The van der Waals surface area contributed by atoms with Crippen molar-refractivity contribution in [3.05, 3.63) is 76.0 Å². The zero-order valence-corrected chi connectivity index (χ0v) is 23.0. The highest BCUT2D eigenvalue weighted by Crippen LogP contribution is 2.28. The highest BCUT2D eigenvalue weighted by atomic mass is 32.1. The van der Waals surface area contributed by atoms with Crippen molar-refractivity contribution in [3.8, 4) is 11.5 Å². The van der Waals surface area contributed by atoms with Gasteiger partial charge in [0, 0.05) is 23.7 Å². The van der Waals surface area contributed by atoms with E-state index in [1.807, 2.05) is 71.8 Å². The quantitative estimate of drug-likeness (QED) is 0.305. The van der Waals surface area contributed by atoms with Crippen LogP contribution in [-0.2, 0) is 24.2 Å². The number of rotatable bonds is 13. The molecule has 3 aromatic rings. The van der Waals surface area contributed by atoms with E-state index in [4.69, 9.17) is 9.47 Å². The topological polar surface area (TPSA) is 71.1 Å². The summed E-state index contributed by atoms with van der Waals surface area (Å²) in [6, 6.07) is 17.3. The lowest BCUT2D eigenvalue weighted by Crippen LogP contribution is -2.45. The lowest BCUT2D eigenvalue weighted by Gasteiger charge is -2.27. The fourth-order valence-electron chi connectivity index (χ4n) is 3.99. The molecule has 198 valence electrons. The van der Waals surface area contributed by atoms with Gasteiger partial charge in [0.2, 0.25) is 5.91 Å². The molecule has 1 heterocycles. The van der Waals surface area contributed by atoms with E-state index < -0.39 is 0 Å². The summed E-state index contributed by atoms with van der Waals surface area (Å²) in [7, 11) is 3.22. The third-order valence-corrected chi connectivity index (χ3v) is 6.98. The average molecular weight is 524 g/mol. The van der Waals surface area contributed by atoms with Crippen molar-refractivity contribution in [1.29, 1.82) is 0 Å². The van der Waals surface area contributed by atoms with Gasteiger partial charge in [0.15, 0.2) is 11.5 Å². The molecule has 0 spiro atoms. The molecule has 2 aromatic carbocycles. The Balaban J connectivity index is 1.70. The number of anilines is 1. The SMILES string of the molecule is CCCN(CC(=O)N(CCc1ccc(OC)c(OC)c1)Cc1cccs1)C(=O)Nc1ccc(CC)cc1. The molecule has 37 heavy (non-hydrogen) atoms. The van der Waals surface area contributed by atoms with Gasteiger partial charge in [-0.1, -0.05) is 38.1 Å². The number of carbonyl (C=O) groups excluding carboxylic acids is 2. The number of carbonyl (C=O) groups is 2. The van der Waals surface area contributed by atoms with E-state index in [0.717, 1.165) is 29.0 Å². The number of benzene rings is 2. The maximum atomic E-state index is 13.5. The Labute approximate surface area is 224 Å². The van der Waals surface area contributed by atoms with Gasteiger partial charge >= 0.3 is 6.03 Å². The maximum absolute atomic E-state index is 13.5. The fourth-order valence-corrected chi connectivity index (χ4v) is 4.71. The van der Waals surface area contributed by atoms with E-state index >= 15 is 0 Å². The highest BCUT2D eigenvalue weighted by molar-refractivity contribution is 7.09. The maximum Gasteiger partial charge on any atom is 0.322 e. The summed E-state index contributed by atoms with van der Waals surface area (Å²) >= 11 is 1.62. The Morgan fingerprint density at radius 3 is 2.24 bits per heavy atom. The number of aryl methyl sites for hydroxylation is 1. The molecule has 0 aliphatic heterocycles. The van der Waals surface area contributed by atoms with Crippen molar-refractivity contribution < 1.29 is 19.1 Å². The number of amides is 3. The second kappa shape index (κ2) is 14.3. The first kappa shape index (κ1) is 28.1. The Kier molecular flexibility index (Phi) is 10.8. The second-order valence-corrected chi connectivity index (χ2v) is 9.77. The van der Waals surface area contributed by atoms with Crippen LogP contribution >= 0.6 is 11.3 Å². The minimum absolute atomic E-state index is 0.0179. The summed E-state index contributed by atoms with van der Waals surface area (Å²) in [6.07, 6.45) is 2.35. The third kappa shape index (κ3) is 8.25. The number of hydrogen-bond acceptors (Lipinski definition) is 5. The number of hydrogen-bond donors (Lipinski definition) is 1. The molecule has 0 saturated heterocycles. The molecular formula is C29H37N3O4S. The number of thiophene rings is 1. The summed E-state index contributed by atoms with van der Waals surface area (Å²) in [5, 5.41) is 4.95. The first-order valence-electron chi connectivity index (χ1n) is 12.6. The van der Waals surface area contributed by atoms with Crippen molar-refractivity contribution in [3.63, 3.8) is 0 Å². The van der Waals surface area contributed by atoms with Gasteiger partial charge in [-0.25, -0.2) is 4.79 Å². The van der Waals surface area contributed by atoms with Crippen molar-refractivity contribution in [2.75, 3.05) is 39.2 Å². The third-order valence-electron chi connectivity index (χ3n) is 6.12. The Bertz CT molecular complexity index is 1130. The highest BCUT2D eigenvalue weighted by Gasteiger charge is 2.22. The molecule has 0 unspecified atom stereocenters. The van der Waals surface area contributed by atoms with Crippen molar-refractivity contribution >= 4 is 29.0 Å². The lowest BCUT2D eigenvalue weighted by molar-refractivity contribution is -0.132. The number of nitrogens with zero attached hydrogens (tertiary/aromatic N) is 2. The molecule has 8 heteroatoms. The van der Waals surface area contributed by atoms with E-state index in [0.29, 0.717) is 37.6 Å². The van der Waals surface area contributed by atoms with Crippen molar-refractivity contribution in [1.82, 2.24) is 9.80 Å². The second-order valence-electron chi connectivity index (χ2n) is 8.74. The molecule has 0 radical (unpaired) electrons. The number of methoxy groups -OCH3 is 2. The predicted molar refractivity (Wildman–Crippen MR) is 150 cm³/mol. The molecule has 0 saturated carbocycles. The fraction of sp³-hybridized carbons (Fsp3) is 0.379. The van der Waals surface area contributed by atoms with Crippen LogP contribution in [0.2, 0.25) is 0 Å². The van der Waals surface area contributed by atoms with Crippen LogP contribution in [0.25, 0.3) is 0 Å². The van der Waals surface area contributed by atoms with E-state index in [1.165, 1.54) is 5.56 Å². The van der Waals surface area contributed by atoms with Gasteiger partial charge in [0.05, 0.1) is 20.8 Å². The monoisotopic (exact) mass is 523 g/mol. The molecule has 0 fully saturated rings. The zero-order valence-electron chi connectivity index (χ0n) is 22.2. The Morgan fingerprint density at radius 1 is 0.892 bits per heavy atom. The van der Waals surface area contributed by atoms with Gasteiger partial charge in [-0.3, -0.25) is 4.79 Å². The van der Waals surface area contributed by atoms with Crippen LogP contribution in [0, 0.1) is 0 Å². The molecule has 1 N–H and O–H groups in total. The van der Waals surface area contributed by atoms with Gasteiger partial charge in [-0.05, 0) is 66.1 Å². The standard InChI is InChI=1S/C29H37N3O4S/c1-5-16-32(29(34)30-24-12-9-22(6-2)10-13-24)21-28(33)31(20-25-8-7-18-37-25)17-15-23-11-14-26(35-3)27(19-23)36-4/h7-14,18-19H,5-6,15-17,20-21H2,1-4H3,(H,30,34). The average Bonchev–Trinajstić information content (AvgIpc) is 3.44. The van der Waals surface area contributed by atoms with Crippen LogP contribution in [-0.4, -0.2) is 55.6 Å². The molecular weight excluding hydrogens is 486 g/mol. The molecule has 3 rings (SSSR count). The van der Waals surface area contributed by atoms with Crippen molar-refractivity contribution in [2.45, 2.75) is 39.7 Å². The Morgan fingerprint density at radius 2 is 1.62 bits per heavy atom. The molecule has 0 atom stereocenters. The molecule has 3 amide bonds. The lowest BCUT2D eigenvalue weighted by atomic mass is 10.1. The molecule has 0 aliphatic rings. The van der Waals surface area contributed by atoms with Gasteiger partial charge < -0.3 is 24.6 Å². The van der Waals surface area contributed by atoms with E-state index in [9.17, 15) is 9.59 Å². The predicted octanol–water partition coefficient (Wildman–Crippen LogP) is 5.84. The van der Waals surface area contributed by atoms with Crippen LogP contribution < -0.4 is 14.8 Å². The first-order chi connectivity index (χ1) is 18.0. The van der Waals surface area contributed by atoms with Gasteiger partial charge in [-0.15, -0.1) is 11.3 Å². The smallest absolute Gasteiger partial charge is 0.322 e. The van der Waals surface area contributed by atoms with Crippen LogP contribution in [0.3, 0.4) is 0 Å². The van der Waals surface area contributed by atoms with Crippen LogP contribution in [0.1, 0.15) is 36.3 Å². The van der Waals surface area contributed by atoms with E-state index in [-0.39, 0.29) is 18.5 Å². The van der Waals surface area contributed by atoms with Crippen LogP contribution in [0.5, 0.6) is 11.5 Å². The number of nitrogens with one attached hydrogen (secondary N) is 1. The summed E-state index contributed by atoms with van der Waals surface area (Å²) in [6.45, 7) is 5.63. The Hall–Kier alpha value is -3.52. The summed E-state index contributed by atoms with van der Waals surface area (Å²) in [4.78, 5) is 31.1. The molecule has 0 bridgehead atoms. The van der Waals surface area contributed by atoms with E-state index in [2.05, 4.69) is 12.2 Å². The minimum Gasteiger partial charge on any atom is -0.493 e. The van der Waals surface area contributed by atoms with Crippen LogP contribution in [0.4, 0.5) is 10.5 Å². The van der Waals surface area contributed by atoms with E-state index in [1.54, 1.807) is 30.5 Å². The van der Waals surface area contributed by atoms with Gasteiger partial charge in [0.1, 0.15) is 6.54 Å². The van der Waals surface area contributed by atoms with Crippen LogP contribution in [0.15, 0.2) is 60.0 Å². The summed E-state index contributed by atoms with van der Waals surface area (Å²) < 4.78 is 10.8. The summed E-state index contributed by atoms with van der Waals surface area (Å²) in [5.74, 6) is 1.25. The molecule has 0 aliphatic carbocycles. The summed E-state index contributed by atoms with van der Waals surface area (Å²) in [5.41, 5.74) is 2.97. The largest absolute Gasteiger partial charge is 0.493 e. The molecule has 1 aromatic heterocycles. The number of urea groups is 1. The normalized spacial score (nSPS) is 10.6. The van der Waals surface area contributed by atoms with Crippen molar-refractivity contribution in [2.24, 2.45) is 0 Å². The first-order valence-corrected chi connectivity index (χ1v) is 13.5. The van der Waals surface area contributed by atoms with Gasteiger partial charge in [0.25, 0.3) is 0 Å². The molecule has 7 nitrogen and oxygen atoms in total. The minimum atomic E-state index is -0.268.